The lowest BCUT2D eigenvalue weighted by Gasteiger charge is -2.28. The zero-order valence-electron chi connectivity index (χ0n) is 13.6. The maximum Gasteiger partial charge on any atom is 0.416 e. The number of hydrogen-bond donors (Lipinski definition) is 0. The van der Waals surface area contributed by atoms with Crippen molar-refractivity contribution in [1.82, 2.24) is 19.9 Å². The molecule has 0 radical (unpaired) electrons. The van der Waals surface area contributed by atoms with Gasteiger partial charge in [-0.3, -0.25) is 0 Å². The molecule has 1 aliphatic heterocycles. The molecule has 2 aromatic rings. The third-order valence-electron chi connectivity index (χ3n) is 4.09. The smallest absolute Gasteiger partial charge is 0.378 e. The molecular formula is C16H17F3N4OS. The van der Waals surface area contributed by atoms with Crippen molar-refractivity contribution in [3.63, 3.8) is 0 Å². The van der Waals surface area contributed by atoms with Gasteiger partial charge in [-0.1, -0.05) is 23.5 Å². The van der Waals surface area contributed by atoms with Gasteiger partial charge in [-0.25, -0.2) is 4.68 Å². The fourth-order valence-corrected chi connectivity index (χ4v) is 2.97. The predicted octanol–water partition coefficient (Wildman–Crippen LogP) is 2.80. The summed E-state index contributed by atoms with van der Waals surface area (Å²) in [5.41, 5.74) is 0.942. The quantitative estimate of drug-likeness (QED) is 0.778. The van der Waals surface area contributed by atoms with Crippen LogP contribution in [0.25, 0.3) is 5.69 Å². The molecule has 1 aliphatic rings. The zero-order chi connectivity index (χ0) is 18.0. The first-order valence-corrected chi connectivity index (χ1v) is 8.21. The van der Waals surface area contributed by atoms with Gasteiger partial charge in [-0.2, -0.15) is 13.2 Å². The number of thiocarbonyl (C=S) groups is 1. The fraction of sp³-hybridized carbons (Fsp3) is 0.438. The molecule has 1 saturated heterocycles. The first kappa shape index (κ1) is 17.8. The van der Waals surface area contributed by atoms with Crippen LogP contribution in [-0.2, 0) is 17.3 Å². The van der Waals surface area contributed by atoms with Crippen molar-refractivity contribution in [2.75, 3.05) is 26.3 Å². The molecule has 5 nitrogen and oxygen atoms in total. The summed E-state index contributed by atoms with van der Waals surface area (Å²) < 4.78 is 45.4. The van der Waals surface area contributed by atoms with Gasteiger partial charge in [0.2, 0.25) is 0 Å². The number of rotatable bonds is 3. The van der Waals surface area contributed by atoms with Gasteiger partial charge in [0.25, 0.3) is 0 Å². The lowest BCUT2D eigenvalue weighted by atomic mass is 10.2. The monoisotopic (exact) mass is 370 g/mol. The molecular weight excluding hydrogens is 353 g/mol. The number of benzene rings is 1. The highest BCUT2D eigenvalue weighted by molar-refractivity contribution is 7.80. The van der Waals surface area contributed by atoms with E-state index in [1.54, 1.807) is 13.0 Å². The van der Waals surface area contributed by atoms with Crippen molar-refractivity contribution >= 4 is 17.2 Å². The molecule has 3 rings (SSSR count). The van der Waals surface area contributed by atoms with Gasteiger partial charge in [0.15, 0.2) is 0 Å². The van der Waals surface area contributed by atoms with Crippen LogP contribution in [-0.4, -0.2) is 51.2 Å². The summed E-state index contributed by atoms with van der Waals surface area (Å²) in [4.78, 5) is 2.80. The summed E-state index contributed by atoms with van der Waals surface area (Å²) in [5, 5.41) is 8.11. The van der Waals surface area contributed by atoms with E-state index in [2.05, 4.69) is 15.2 Å². The summed E-state index contributed by atoms with van der Waals surface area (Å²) >= 11 is 5.46. The molecule has 134 valence electrons. The summed E-state index contributed by atoms with van der Waals surface area (Å²) in [6.07, 6.45) is -3.97. The minimum absolute atomic E-state index is 0.323. The molecule has 2 heterocycles. The molecule has 9 heteroatoms. The highest BCUT2D eigenvalue weighted by Crippen LogP contribution is 2.30. The van der Waals surface area contributed by atoms with E-state index in [4.69, 9.17) is 17.0 Å². The van der Waals surface area contributed by atoms with Crippen molar-refractivity contribution in [2.45, 2.75) is 19.5 Å². The summed E-state index contributed by atoms with van der Waals surface area (Å²) in [6.45, 7) is 4.52. The first-order valence-electron chi connectivity index (χ1n) is 7.80. The van der Waals surface area contributed by atoms with Gasteiger partial charge in [-0.15, -0.1) is 5.10 Å². The van der Waals surface area contributed by atoms with Gasteiger partial charge in [-0.05, 0) is 25.1 Å². The second-order valence-electron chi connectivity index (χ2n) is 5.75. The number of nitrogens with zero attached hydrogens (tertiary/aromatic N) is 4. The van der Waals surface area contributed by atoms with E-state index in [0.717, 1.165) is 30.2 Å². The Labute approximate surface area is 148 Å². The Hall–Kier alpha value is -2.00. The van der Waals surface area contributed by atoms with Crippen LogP contribution < -0.4 is 0 Å². The van der Waals surface area contributed by atoms with Crippen LogP contribution in [0.1, 0.15) is 17.0 Å². The highest BCUT2D eigenvalue weighted by Gasteiger charge is 2.30. The number of morpholine rings is 1. The second kappa shape index (κ2) is 7.09. The average molecular weight is 370 g/mol. The number of halogens is 3. The van der Waals surface area contributed by atoms with Crippen molar-refractivity contribution in [1.29, 1.82) is 0 Å². The third kappa shape index (κ3) is 3.98. The summed E-state index contributed by atoms with van der Waals surface area (Å²) in [7, 11) is 0. The molecule has 1 aromatic heterocycles. The highest BCUT2D eigenvalue weighted by atomic mass is 32.1. The van der Waals surface area contributed by atoms with Crippen LogP contribution in [0.5, 0.6) is 0 Å². The lowest BCUT2D eigenvalue weighted by Crippen LogP contribution is -2.40. The number of hydrogen-bond acceptors (Lipinski definition) is 4. The van der Waals surface area contributed by atoms with Crippen molar-refractivity contribution in [3.05, 3.63) is 41.2 Å². The van der Waals surface area contributed by atoms with Gasteiger partial charge < -0.3 is 9.64 Å². The average Bonchev–Trinajstić information content (AvgIpc) is 2.96. The van der Waals surface area contributed by atoms with E-state index in [0.29, 0.717) is 36.7 Å². The standard InChI is InChI=1S/C16H17F3N4OS/c1-11-14(10-15(25)22-5-7-24-8-6-22)20-21-23(11)13-4-2-3-12(9-13)16(17,18)19/h2-4,9H,5-8,10H2,1H3. The Morgan fingerprint density at radius 2 is 2.00 bits per heavy atom. The molecule has 1 aromatic carbocycles. The van der Waals surface area contributed by atoms with Crippen LogP contribution >= 0.6 is 12.2 Å². The molecule has 0 unspecified atom stereocenters. The first-order chi connectivity index (χ1) is 11.9. The summed E-state index contributed by atoms with van der Waals surface area (Å²) in [6, 6.07) is 5.02. The van der Waals surface area contributed by atoms with Gasteiger partial charge >= 0.3 is 6.18 Å². The molecule has 0 bridgehead atoms. The Morgan fingerprint density at radius 1 is 1.28 bits per heavy atom. The Bertz CT molecular complexity index is 769. The minimum Gasteiger partial charge on any atom is -0.378 e. The largest absolute Gasteiger partial charge is 0.416 e. The Balaban J connectivity index is 1.80. The molecule has 0 atom stereocenters. The molecule has 0 amide bonds. The lowest BCUT2D eigenvalue weighted by molar-refractivity contribution is -0.137. The number of aromatic nitrogens is 3. The predicted molar refractivity (Wildman–Crippen MR) is 89.8 cm³/mol. The maximum atomic E-state index is 12.9. The van der Waals surface area contributed by atoms with Crippen molar-refractivity contribution in [2.24, 2.45) is 0 Å². The van der Waals surface area contributed by atoms with Crippen LogP contribution in [0, 0.1) is 6.92 Å². The van der Waals surface area contributed by atoms with E-state index in [1.807, 2.05) is 0 Å². The van der Waals surface area contributed by atoms with Crippen LogP contribution in [0.2, 0.25) is 0 Å². The van der Waals surface area contributed by atoms with E-state index < -0.39 is 11.7 Å². The van der Waals surface area contributed by atoms with Gasteiger partial charge in [0, 0.05) is 19.5 Å². The molecule has 0 N–H and O–H groups in total. The topological polar surface area (TPSA) is 43.2 Å². The molecule has 0 spiro atoms. The number of alkyl halides is 3. The molecule has 0 saturated carbocycles. The molecule has 0 aliphatic carbocycles. The van der Waals surface area contributed by atoms with Crippen LogP contribution in [0.4, 0.5) is 13.2 Å². The Kier molecular flexibility index (Phi) is 5.05. The molecule has 1 fully saturated rings. The van der Waals surface area contributed by atoms with Crippen molar-refractivity contribution in [3.8, 4) is 5.69 Å². The van der Waals surface area contributed by atoms with Gasteiger partial charge in [0.05, 0.1) is 40.8 Å². The van der Waals surface area contributed by atoms with E-state index in [-0.39, 0.29) is 0 Å². The second-order valence-corrected chi connectivity index (χ2v) is 6.22. The van der Waals surface area contributed by atoms with Crippen LogP contribution in [0.3, 0.4) is 0 Å². The normalized spacial score (nSPS) is 15.4. The van der Waals surface area contributed by atoms with E-state index in [1.165, 1.54) is 10.7 Å². The van der Waals surface area contributed by atoms with Crippen molar-refractivity contribution < 1.29 is 17.9 Å². The third-order valence-corrected chi connectivity index (χ3v) is 4.49. The SMILES string of the molecule is Cc1c(CC(=S)N2CCOCC2)nnn1-c1cccc(C(F)(F)F)c1. The van der Waals surface area contributed by atoms with E-state index >= 15 is 0 Å². The minimum atomic E-state index is -4.40. The zero-order valence-corrected chi connectivity index (χ0v) is 14.4. The van der Waals surface area contributed by atoms with Gasteiger partial charge in [0.1, 0.15) is 0 Å². The molecule has 25 heavy (non-hydrogen) atoms. The number of ether oxygens (including phenoxy) is 1. The maximum absolute atomic E-state index is 12.9. The summed E-state index contributed by atoms with van der Waals surface area (Å²) in [5.74, 6) is 0. The fourth-order valence-electron chi connectivity index (χ4n) is 2.65. The van der Waals surface area contributed by atoms with E-state index in [9.17, 15) is 13.2 Å². The Morgan fingerprint density at radius 3 is 2.68 bits per heavy atom. The van der Waals surface area contributed by atoms with Crippen LogP contribution in [0.15, 0.2) is 24.3 Å².